The summed E-state index contributed by atoms with van der Waals surface area (Å²) in [5.41, 5.74) is 0. The minimum Gasteiger partial charge on any atom is -0.395 e. The molecule has 2 nitrogen and oxygen atoms in total. The summed E-state index contributed by atoms with van der Waals surface area (Å²) in [5.74, 6) is 0.863. The van der Waals surface area contributed by atoms with E-state index >= 15 is 0 Å². The van der Waals surface area contributed by atoms with Crippen LogP contribution in [0.4, 0.5) is 0 Å². The molecule has 0 saturated heterocycles. The van der Waals surface area contributed by atoms with E-state index in [4.69, 9.17) is 5.11 Å². The Kier molecular flexibility index (Phi) is 4.02. The van der Waals surface area contributed by atoms with Gasteiger partial charge in [-0.15, -0.1) is 0 Å². The average molecular weight is 171 g/mol. The maximum atomic E-state index is 8.87. The topological polar surface area (TPSA) is 32.3 Å². The molecule has 3 atom stereocenters. The van der Waals surface area contributed by atoms with E-state index in [1.54, 1.807) is 0 Å². The van der Waals surface area contributed by atoms with Gasteiger partial charge in [-0.1, -0.05) is 19.8 Å². The summed E-state index contributed by atoms with van der Waals surface area (Å²) in [4.78, 5) is 0. The fourth-order valence-corrected chi connectivity index (χ4v) is 2.04. The molecule has 1 aliphatic rings. The summed E-state index contributed by atoms with van der Waals surface area (Å²) in [5, 5.41) is 12.3. The first kappa shape index (κ1) is 10.0. The molecule has 2 unspecified atom stereocenters. The van der Waals surface area contributed by atoms with E-state index < -0.39 is 0 Å². The third-order valence-electron chi connectivity index (χ3n) is 2.73. The van der Waals surface area contributed by atoms with Crippen molar-refractivity contribution in [2.45, 2.75) is 51.6 Å². The molecule has 1 aliphatic carbocycles. The van der Waals surface area contributed by atoms with Crippen LogP contribution in [0.3, 0.4) is 0 Å². The van der Waals surface area contributed by atoms with E-state index in [9.17, 15) is 0 Å². The van der Waals surface area contributed by atoms with Crippen LogP contribution in [0.15, 0.2) is 0 Å². The van der Waals surface area contributed by atoms with E-state index in [1.165, 1.54) is 25.7 Å². The Bertz CT molecular complexity index is 127. The van der Waals surface area contributed by atoms with Gasteiger partial charge in [0.05, 0.1) is 6.61 Å². The van der Waals surface area contributed by atoms with E-state index in [1.807, 2.05) is 6.92 Å². The zero-order valence-electron chi connectivity index (χ0n) is 8.21. The molecule has 1 fully saturated rings. The maximum absolute atomic E-state index is 8.87. The van der Waals surface area contributed by atoms with E-state index in [0.29, 0.717) is 6.04 Å². The third kappa shape index (κ3) is 3.11. The highest BCUT2D eigenvalue weighted by molar-refractivity contribution is 4.77. The quantitative estimate of drug-likeness (QED) is 0.675. The zero-order chi connectivity index (χ0) is 8.97. The molecular weight excluding hydrogens is 150 g/mol. The molecule has 1 rings (SSSR count). The van der Waals surface area contributed by atoms with Gasteiger partial charge in [0.2, 0.25) is 0 Å². The molecule has 0 aromatic carbocycles. The first-order valence-electron chi connectivity index (χ1n) is 5.09. The van der Waals surface area contributed by atoms with Crippen LogP contribution in [0.5, 0.6) is 0 Å². The standard InChI is InChI=1S/C10H21NO/c1-8-4-3-5-10(6-8)11-9(2)7-12/h8-12H,3-7H2,1-2H3/t8?,9-,10?/m1/s1. The van der Waals surface area contributed by atoms with Crippen molar-refractivity contribution in [2.24, 2.45) is 5.92 Å². The van der Waals surface area contributed by atoms with Gasteiger partial charge in [0.15, 0.2) is 0 Å². The minimum atomic E-state index is 0.255. The van der Waals surface area contributed by atoms with Crippen LogP contribution < -0.4 is 5.32 Å². The molecule has 2 N–H and O–H groups in total. The molecule has 0 aromatic heterocycles. The third-order valence-corrected chi connectivity index (χ3v) is 2.73. The summed E-state index contributed by atoms with van der Waals surface area (Å²) in [6.45, 7) is 4.61. The van der Waals surface area contributed by atoms with Crippen LogP contribution in [0.2, 0.25) is 0 Å². The van der Waals surface area contributed by atoms with Gasteiger partial charge in [-0.2, -0.15) is 0 Å². The van der Waals surface area contributed by atoms with Crippen LogP contribution in [0.1, 0.15) is 39.5 Å². The first-order valence-corrected chi connectivity index (χ1v) is 5.09. The van der Waals surface area contributed by atoms with Gasteiger partial charge in [0, 0.05) is 12.1 Å². The fraction of sp³-hybridized carbons (Fsp3) is 1.00. The lowest BCUT2D eigenvalue weighted by Gasteiger charge is -2.29. The molecule has 0 radical (unpaired) electrons. The number of aliphatic hydroxyl groups is 1. The normalized spacial score (nSPS) is 33.2. The van der Waals surface area contributed by atoms with Crippen molar-refractivity contribution in [3.8, 4) is 0 Å². The average Bonchev–Trinajstić information content (AvgIpc) is 2.04. The molecule has 0 heterocycles. The van der Waals surface area contributed by atoms with Gasteiger partial charge in [0.1, 0.15) is 0 Å². The molecular formula is C10H21NO. The zero-order valence-corrected chi connectivity index (χ0v) is 8.21. The van der Waals surface area contributed by atoms with Gasteiger partial charge in [-0.3, -0.25) is 0 Å². The Labute approximate surface area is 75.4 Å². The van der Waals surface area contributed by atoms with Crippen molar-refractivity contribution in [1.29, 1.82) is 0 Å². The van der Waals surface area contributed by atoms with Gasteiger partial charge in [0.25, 0.3) is 0 Å². The maximum Gasteiger partial charge on any atom is 0.0582 e. The number of hydrogen-bond acceptors (Lipinski definition) is 2. The van der Waals surface area contributed by atoms with Crippen molar-refractivity contribution in [3.63, 3.8) is 0 Å². The summed E-state index contributed by atoms with van der Waals surface area (Å²) in [6, 6.07) is 0.913. The van der Waals surface area contributed by atoms with Crippen molar-refractivity contribution < 1.29 is 5.11 Å². The monoisotopic (exact) mass is 171 g/mol. The number of aliphatic hydroxyl groups excluding tert-OH is 1. The van der Waals surface area contributed by atoms with E-state index in [-0.39, 0.29) is 12.6 Å². The molecule has 12 heavy (non-hydrogen) atoms. The largest absolute Gasteiger partial charge is 0.395 e. The van der Waals surface area contributed by atoms with Crippen LogP contribution in [0, 0.1) is 5.92 Å². The smallest absolute Gasteiger partial charge is 0.0582 e. The number of rotatable bonds is 3. The highest BCUT2D eigenvalue weighted by Gasteiger charge is 2.19. The SMILES string of the molecule is CC1CCCC(N[C@H](C)CO)C1. The van der Waals surface area contributed by atoms with Crippen molar-refractivity contribution >= 4 is 0 Å². The molecule has 0 amide bonds. The van der Waals surface area contributed by atoms with Gasteiger partial charge in [-0.25, -0.2) is 0 Å². The fourth-order valence-electron chi connectivity index (χ4n) is 2.04. The lowest BCUT2D eigenvalue weighted by Crippen LogP contribution is -2.41. The molecule has 2 heteroatoms. The van der Waals surface area contributed by atoms with Crippen LogP contribution >= 0.6 is 0 Å². The van der Waals surface area contributed by atoms with Gasteiger partial charge in [-0.05, 0) is 25.7 Å². The second kappa shape index (κ2) is 4.83. The van der Waals surface area contributed by atoms with Crippen LogP contribution in [-0.4, -0.2) is 23.8 Å². The second-order valence-electron chi connectivity index (χ2n) is 4.22. The lowest BCUT2D eigenvalue weighted by atomic mass is 9.87. The lowest BCUT2D eigenvalue weighted by molar-refractivity contribution is 0.215. The highest BCUT2D eigenvalue weighted by atomic mass is 16.3. The second-order valence-corrected chi connectivity index (χ2v) is 4.22. The summed E-state index contributed by atoms with van der Waals surface area (Å²) in [6.07, 6.45) is 5.29. The summed E-state index contributed by atoms with van der Waals surface area (Å²) >= 11 is 0. The van der Waals surface area contributed by atoms with Crippen LogP contribution in [0.25, 0.3) is 0 Å². The van der Waals surface area contributed by atoms with Crippen molar-refractivity contribution in [1.82, 2.24) is 5.32 Å². The van der Waals surface area contributed by atoms with Crippen molar-refractivity contribution in [2.75, 3.05) is 6.61 Å². The highest BCUT2D eigenvalue weighted by Crippen LogP contribution is 2.23. The Morgan fingerprint density at radius 3 is 2.83 bits per heavy atom. The number of hydrogen-bond donors (Lipinski definition) is 2. The van der Waals surface area contributed by atoms with E-state index in [0.717, 1.165) is 5.92 Å². The molecule has 0 bridgehead atoms. The van der Waals surface area contributed by atoms with Gasteiger partial charge >= 0.3 is 0 Å². The predicted octanol–water partition coefficient (Wildman–Crippen LogP) is 1.54. The van der Waals surface area contributed by atoms with E-state index in [2.05, 4.69) is 12.2 Å². The predicted molar refractivity (Wildman–Crippen MR) is 51.1 cm³/mol. The Hall–Kier alpha value is -0.0800. The number of nitrogens with one attached hydrogen (secondary N) is 1. The summed E-state index contributed by atoms with van der Waals surface area (Å²) in [7, 11) is 0. The minimum absolute atomic E-state index is 0.255. The summed E-state index contributed by atoms with van der Waals surface area (Å²) < 4.78 is 0. The Balaban J connectivity index is 2.22. The first-order chi connectivity index (χ1) is 5.72. The van der Waals surface area contributed by atoms with Gasteiger partial charge < -0.3 is 10.4 Å². The Morgan fingerprint density at radius 1 is 1.50 bits per heavy atom. The van der Waals surface area contributed by atoms with Crippen LogP contribution in [-0.2, 0) is 0 Å². The molecule has 0 aromatic rings. The molecule has 1 saturated carbocycles. The molecule has 72 valence electrons. The molecule has 0 aliphatic heterocycles. The Morgan fingerprint density at radius 2 is 2.25 bits per heavy atom. The molecule has 0 spiro atoms. The van der Waals surface area contributed by atoms with Crippen molar-refractivity contribution in [3.05, 3.63) is 0 Å².